The average molecular weight is 270 g/mol. The van der Waals surface area contributed by atoms with Crippen LogP contribution in [-0.4, -0.2) is 16.0 Å². The Kier molecular flexibility index (Phi) is 4.56. The van der Waals surface area contributed by atoms with Crippen molar-refractivity contribution in [2.24, 2.45) is 0 Å². The summed E-state index contributed by atoms with van der Waals surface area (Å²) >= 11 is 0. The zero-order valence-electron chi connectivity index (χ0n) is 12.6. The SMILES string of the molecule is Cc1cc(NCc2ccccc2C)nc(NC(C)C)n1. The van der Waals surface area contributed by atoms with Crippen LogP contribution in [0.1, 0.15) is 30.7 Å². The van der Waals surface area contributed by atoms with Crippen molar-refractivity contribution in [3.63, 3.8) is 0 Å². The number of hydrogen-bond donors (Lipinski definition) is 2. The van der Waals surface area contributed by atoms with Crippen molar-refractivity contribution in [2.45, 2.75) is 40.3 Å². The van der Waals surface area contributed by atoms with Crippen LogP contribution in [-0.2, 0) is 6.54 Å². The summed E-state index contributed by atoms with van der Waals surface area (Å²) in [6.45, 7) is 9.02. The van der Waals surface area contributed by atoms with Gasteiger partial charge in [0.2, 0.25) is 5.95 Å². The lowest BCUT2D eigenvalue weighted by atomic mass is 10.1. The lowest BCUT2D eigenvalue weighted by Crippen LogP contribution is -2.14. The number of nitrogens with one attached hydrogen (secondary N) is 2. The highest BCUT2D eigenvalue weighted by molar-refractivity contribution is 5.43. The van der Waals surface area contributed by atoms with Crippen molar-refractivity contribution < 1.29 is 0 Å². The predicted octanol–water partition coefficient (Wildman–Crippen LogP) is 3.53. The standard InChI is InChI=1S/C16H22N4/c1-11(2)18-16-19-13(4)9-15(20-16)17-10-14-8-6-5-7-12(14)3/h5-9,11H,10H2,1-4H3,(H2,17,18,19,20). The molecule has 2 aromatic rings. The zero-order valence-corrected chi connectivity index (χ0v) is 12.6. The molecule has 0 aliphatic heterocycles. The molecule has 106 valence electrons. The van der Waals surface area contributed by atoms with Crippen LogP contribution in [0.2, 0.25) is 0 Å². The molecule has 0 bridgehead atoms. The van der Waals surface area contributed by atoms with E-state index < -0.39 is 0 Å². The minimum absolute atomic E-state index is 0.320. The molecule has 4 nitrogen and oxygen atoms in total. The maximum absolute atomic E-state index is 4.49. The van der Waals surface area contributed by atoms with E-state index in [1.165, 1.54) is 11.1 Å². The van der Waals surface area contributed by atoms with Gasteiger partial charge in [-0.25, -0.2) is 4.98 Å². The number of aryl methyl sites for hydroxylation is 2. The van der Waals surface area contributed by atoms with Gasteiger partial charge in [-0.2, -0.15) is 4.98 Å². The summed E-state index contributed by atoms with van der Waals surface area (Å²) in [5.41, 5.74) is 3.52. The van der Waals surface area contributed by atoms with Crippen LogP contribution in [0.4, 0.5) is 11.8 Å². The largest absolute Gasteiger partial charge is 0.366 e. The van der Waals surface area contributed by atoms with E-state index >= 15 is 0 Å². The fraction of sp³-hybridized carbons (Fsp3) is 0.375. The molecule has 2 N–H and O–H groups in total. The molecule has 0 saturated heterocycles. The molecule has 0 amide bonds. The minimum atomic E-state index is 0.320. The topological polar surface area (TPSA) is 49.8 Å². The number of benzene rings is 1. The van der Waals surface area contributed by atoms with Gasteiger partial charge in [-0.05, 0) is 38.8 Å². The van der Waals surface area contributed by atoms with Gasteiger partial charge in [-0.3, -0.25) is 0 Å². The summed E-state index contributed by atoms with van der Waals surface area (Å²) in [7, 11) is 0. The molecule has 0 saturated carbocycles. The van der Waals surface area contributed by atoms with Gasteiger partial charge in [0.25, 0.3) is 0 Å². The highest BCUT2D eigenvalue weighted by Gasteiger charge is 2.04. The Morgan fingerprint density at radius 1 is 1.10 bits per heavy atom. The monoisotopic (exact) mass is 270 g/mol. The van der Waals surface area contributed by atoms with Crippen LogP contribution in [0.5, 0.6) is 0 Å². The second-order valence-electron chi connectivity index (χ2n) is 5.30. The van der Waals surface area contributed by atoms with Crippen LogP contribution in [0.3, 0.4) is 0 Å². The highest BCUT2D eigenvalue weighted by Crippen LogP contribution is 2.13. The molecule has 1 aromatic heterocycles. The van der Waals surface area contributed by atoms with Crippen molar-refractivity contribution in [1.29, 1.82) is 0 Å². The van der Waals surface area contributed by atoms with E-state index in [0.29, 0.717) is 12.0 Å². The Balaban J connectivity index is 2.09. The van der Waals surface area contributed by atoms with Gasteiger partial charge in [-0.1, -0.05) is 24.3 Å². The van der Waals surface area contributed by atoms with E-state index in [-0.39, 0.29) is 0 Å². The molecule has 1 heterocycles. The zero-order chi connectivity index (χ0) is 14.5. The van der Waals surface area contributed by atoms with Crippen molar-refractivity contribution in [1.82, 2.24) is 9.97 Å². The summed E-state index contributed by atoms with van der Waals surface area (Å²) < 4.78 is 0. The fourth-order valence-electron chi connectivity index (χ4n) is 1.98. The van der Waals surface area contributed by atoms with Crippen LogP contribution in [0.25, 0.3) is 0 Å². The van der Waals surface area contributed by atoms with Gasteiger partial charge in [0.15, 0.2) is 0 Å². The number of aromatic nitrogens is 2. The number of anilines is 2. The molecule has 0 atom stereocenters. The van der Waals surface area contributed by atoms with E-state index in [2.05, 4.69) is 65.6 Å². The van der Waals surface area contributed by atoms with E-state index in [9.17, 15) is 0 Å². The van der Waals surface area contributed by atoms with E-state index in [1.807, 2.05) is 13.0 Å². The van der Waals surface area contributed by atoms with Crippen molar-refractivity contribution in [3.8, 4) is 0 Å². The van der Waals surface area contributed by atoms with Crippen molar-refractivity contribution >= 4 is 11.8 Å². The molecule has 0 spiro atoms. The van der Waals surface area contributed by atoms with Gasteiger partial charge in [-0.15, -0.1) is 0 Å². The number of hydrogen-bond acceptors (Lipinski definition) is 4. The fourth-order valence-corrected chi connectivity index (χ4v) is 1.98. The molecule has 2 rings (SSSR count). The van der Waals surface area contributed by atoms with E-state index in [4.69, 9.17) is 0 Å². The second kappa shape index (κ2) is 6.37. The summed E-state index contributed by atoms with van der Waals surface area (Å²) in [4.78, 5) is 8.87. The molecule has 0 aliphatic rings. The Labute approximate surface area is 120 Å². The lowest BCUT2D eigenvalue weighted by Gasteiger charge is -2.12. The smallest absolute Gasteiger partial charge is 0.225 e. The van der Waals surface area contributed by atoms with Gasteiger partial charge in [0.1, 0.15) is 5.82 Å². The second-order valence-corrected chi connectivity index (χ2v) is 5.30. The van der Waals surface area contributed by atoms with Gasteiger partial charge < -0.3 is 10.6 Å². The maximum Gasteiger partial charge on any atom is 0.225 e. The summed E-state index contributed by atoms with van der Waals surface area (Å²) in [6, 6.07) is 10.6. The maximum atomic E-state index is 4.49. The Hall–Kier alpha value is -2.10. The molecule has 0 unspecified atom stereocenters. The number of rotatable bonds is 5. The van der Waals surface area contributed by atoms with E-state index in [0.717, 1.165) is 18.1 Å². The van der Waals surface area contributed by atoms with Gasteiger partial charge in [0.05, 0.1) is 0 Å². The Morgan fingerprint density at radius 2 is 1.85 bits per heavy atom. The summed E-state index contributed by atoms with van der Waals surface area (Å²) in [6.07, 6.45) is 0. The van der Waals surface area contributed by atoms with E-state index in [1.54, 1.807) is 0 Å². The van der Waals surface area contributed by atoms with Crippen molar-refractivity contribution in [2.75, 3.05) is 10.6 Å². The van der Waals surface area contributed by atoms with Crippen LogP contribution in [0, 0.1) is 13.8 Å². The van der Waals surface area contributed by atoms with Gasteiger partial charge in [0, 0.05) is 24.3 Å². The first-order valence-corrected chi connectivity index (χ1v) is 6.95. The lowest BCUT2D eigenvalue weighted by molar-refractivity contribution is 0.870. The van der Waals surface area contributed by atoms with Crippen LogP contribution in [0.15, 0.2) is 30.3 Å². The van der Waals surface area contributed by atoms with Crippen LogP contribution >= 0.6 is 0 Å². The highest BCUT2D eigenvalue weighted by atomic mass is 15.1. The quantitative estimate of drug-likeness (QED) is 0.872. The molecule has 0 fully saturated rings. The first-order chi connectivity index (χ1) is 9.54. The Bertz CT molecular complexity index is 578. The molecule has 0 aliphatic carbocycles. The van der Waals surface area contributed by atoms with Gasteiger partial charge >= 0.3 is 0 Å². The third kappa shape index (κ3) is 3.95. The normalized spacial score (nSPS) is 10.7. The third-order valence-corrected chi connectivity index (χ3v) is 2.99. The Morgan fingerprint density at radius 3 is 2.55 bits per heavy atom. The molecule has 20 heavy (non-hydrogen) atoms. The van der Waals surface area contributed by atoms with Crippen molar-refractivity contribution in [3.05, 3.63) is 47.2 Å². The molecular formula is C16H22N4. The first kappa shape index (κ1) is 14.3. The first-order valence-electron chi connectivity index (χ1n) is 6.95. The molecule has 0 radical (unpaired) electrons. The molecule has 1 aromatic carbocycles. The van der Waals surface area contributed by atoms with Crippen LogP contribution < -0.4 is 10.6 Å². The molecule has 4 heteroatoms. The summed E-state index contributed by atoms with van der Waals surface area (Å²) in [5.74, 6) is 1.52. The summed E-state index contributed by atoms with van der Waals surface area (Å²) in [5, 5.41) is 6.60. The average Bonchev–Trinajstić information content (AvgIpc) is 2.36. The molecular weight excluding hydrogens is 248 g/mol. The minimum Gasteiger partial charge on any atom is -0.366 e. The predicted molar refractivity (Wildman–Crippen MR) is 84.0 cm³/mol. The number of nitrogens with zero attached hydrogens (tertiary/aromatic N) is 2. The third-order valence-electron chi connectivity index (χ3n) is 2.99.